The lowest BCUT2D eigenvalue weighted by Crippen LogP contribution is -2.61. The maximum Gasteiger partial charge on any atom is 0.408 e. The highest BCUT2D eigenvalue weighted by Gasteiger charge is 2.45. The van der Waals surface area contributed by atoms with E-state index in [1.54, 1.807) is 6.92 Å². The van der Waals surface area contributed by atoms with Crippen molar-refractivity contribution in [2.75, 3.05) is 6.61 Å². The van der Waals surface area contributed by atoms with Gasteiger partial charge < -0.3 is 25.2 Å². The van der Waals surface area contributed by atoms with Crippen LogP contribution in [0.5, 0.6) is 0 Å². The average molecular weight is 543 g/mol. The molecule has 0 unspecified atom stereocenters. The Balaban J connectivity index is 1.23. The molecule has 8 heteroatoms. The van der Waals surface area contributed by atoms with Gasteiger partial charge in [0.15, 0.2) is 6.04 Å². The lowest BCUT2D eigenvalue weighted by molar-refractivity contribution is -0.147. The highest BCUT2D eigenvalue weighted by Crippen LogP contribution is 2.44. The van der Waals surface area contributed by atoms with Crippen LogP contribution >= 0.6 is 0 Å². The minimum atomic E-state index is -1.28. The van der Waals surface area contributed by atoms with Gasteiger partial charge in [0.25, 0.3) is 0 Å². The van der Waals surface area contributed by atoms with E-state index in [0.29, 0.717) is 12.8 Å². The van der Waals surface area contributed by atoms with Crippen LogP contribution < -0.4 is 10.6 Å². The molecule has 0 bridgehead atoms. The van der Waals surface area contributed by atoms with Crippen LogP contribution in [0.1, 0.15) is 55.2 Å². The number of alkyl carbamates (subject to hydrolysis) is 1. The Kier molecular flexibility index (Phi) is 8.16. The molecular weight excluding hydrogens is 508 g/mol. The van der Waals surface area contributed by atoms with E-state index in [1.165, 1.54) is 0 Å². The highest BCUT2D eigenvalue weighted by atomic mass is 16.5. The number of fused-ring (bicyclic) bond motifs is 3. The normalized spacial score (nSPS) is 16.8. The van der Waals surface area contributed by atoms with Crippen molar-refractivity contribution in [1.82, 2.24) is 10.6 Å². The lowest BCUT2D eigenvalue weighted by Gasteiger charge is -2.31. The first-order chi connectivity index (χ1) is 19.4. The van der Waals surface area contributed by atoms with E-state index >= 15 is 0 Å². The van der Waals surface area contributed by atoms with Crippen molar-refractivity contribution in [1.29, 1.82) is 0 Å². The molecule has 1 saturated carbocycles. The molecule has 1 fully saturated rings. The number of aliphatic carboxylic acids is 1. The zero-order valence-electron chi connectivity index (χ0n) is 22.5. The lowest BCUT2D eigenvalue weighted by atomic mass is 9.95. The zero-order chi connectivity index (χ0) is 28.1. The summed E-state index contributed by atoms with van der Waals surface area (Å²) in [4.78, 5) is 38.6. The second-order valence-electron chi connectivity index (χ2n) is 10.5. The van der Waals surface area contributed by atoms with Crippen molar-refractivity contribution in [3.05, 3.63) is 95.6 Å². The molecule has 0 aliphatic heterocycles. The molecule has 0 saturated heterocycles. The van der Waals surface area contributed by atoms with Gasteiger partial charge in [0, 0.05) is 5.92 Å². The smallest absolute Gasteiger partial charge is 0.408 e. The maximum atomic E-state index is 13.5. The van der Waals surface area contributed by atoms with Crippen molar-refractivity contribution >= 4 is 18.0 Å². The van der Waals surface area contributed by atoms with Crippen molar-refractivity contribution in [2.24, 2.45) is 0 Å². The summed E-state index contributed by atoms with van der Waals surface area (Å²) in [5.41, 5.74) is 4.10. The second-order valence-corrected chi connectivity index (χ2v) is 10.5. The predicted octanol–water partition coefficient (Wildman–Crippen LogP) is 5.01. The van der Waals surface area contributed by atoms with Crippen LogP contribution in [0.2, 0.25) is 0 Å². The van der Waals surface area contributed by atoms with E-state index < -0.39 is 35.7 Å². The fourth-order valence-electron chi connectivity index (χ4n) is 5.77. The molecule has 8 nitrogen and oxygen atoms in total. The zero-order valence-corrected chi connectivity index (χ0v) is 22.5. The summed E-state index contributed by atoms with van der Waals surface area (Å²) in [7, 11) is 0. The molecule has 2 aliphatic rings. The van der Waals surface area contributed by atoms with Crippen LogP contribution in [0.15, 0.2) is 78.9 Å². The summed E-state index contributed by atoms with van der Waals surface area (Å²) in [5.74, 6) is -1.85. The van der Waals surface area contributed by atoms with Gasteiger partial charge in [-0.2, -0.15) is 0 Å². The van der Waals surface area contributed by atoms with E-state index in [9.17, 15) is 19.5 Å². The second kappa shape index (κ2) is 11.9. The molecule has 0 radical (unpaired) electrons. The van der Waals surface area contributed by atoms with Crippen molar-refractivity contribution < 1.29 is 29.0 Å². The molecule has 0 heterocycles. The molecule has 2 aliphatic carbocycles. The molecule has 40 heavy (non-hydrogen) atoms. The van der Waals surface area contributed by atoms with Gasteiger partial charge >= 0.3 is 12.1 Å². The molecule has 0 aromatic heterocycles. The summed E-state index contributed by atoms with van der Waals surface area (Å²) in [6.45, 7) is 1.95. The number of carbonyl (C=O) groups is 3. The third-order valence-electron chi connectivity index (χ3n) is 7.95. The number of carboxylic acid groups (broad SMARTS) is 1. The molecule has 2 atom stereocenters. The summed E-state index contributed by atoms with van der Waals surface area (Å²) in [6, 6.07) is 24.3. The number of benzene rings is 3. The largest absolute Gasteiger partial charge is 0.480 e. The number of amides is 2. The number of carboxylic acids is 1. The topological polar surface area (TPSA) is 114 Å². The van der Waals surface area contributed by atoms with Crippen LogP contribution in [0.3, 0.4) is 0 Å². The maximum absolute atomic E-state index is 13.5. The van der Waals surface area contributed by atoms with Gasteiger partial charge in [-0.3, -0.25) is 4.79 Å². The van der Waals surface area contributed by atoms with Crippen molar-refractivity contribution in [3.63, 3.8) is 0 Å². The van der Waals surface area contributed by atoms with E-state index in [4.69, 9.17) is 9.47 Å². The number of hydrogen-bond donors (Lipinski definition) is 3. The Bertz CT molecular complexity index is 1320. The van der Waals surface area contributed by atoms with Crippen LogP contribution in [0.4, 0.5) is 4.79 Å². The third kappa shape index (κ3) is 5.72. The van der Waals surface area contributed by atoms with Gasteiger partial charge in [-0.25, -0.2) is 9.59 Å². The predicted molar refractivity (Wildman–Crippen MR) is 150 cm³/mol. The first-order valence-corrected chi connectivity index (χ1v) is 13.7. The van der Waals surface area contributed by atoms with Gasteiger partial charge in [-0.15, -0.1) is 0 Å². The van der Waals surface area contributed by atoms with Crippen molar-refractivity contribution in [3.8, 4) is 11.1 Å². The van der Waals surface area contributed by atoms with E-state index in [-0.39, 0.29) is 19.1 Å². The Morgan fingerprint density at radius 2 is 1.48 bits per heavy atom. The molecule has 3 N–H and O–H groups in total. The monoisotopic (exact) mass is 542 g/mol. The third-order valence-corrected chi connectivity index (χ3v) is 7.95. The SMILES string of the molecule is C[C@H](OCc1ccccc1)[C@@H](NC(=O)C1(NC(=O)OCC2c3ccccc3-c3ccccc32)CCCC1)C(=O)O. The van der Waals surface area contributed by atoms with Gasteiger partial charge in [0.05, 0.1) is 12.7 Å². The van der Waals surface area contributed by atoms with Crippen LogP contribution in [-0.4, -0.2) is 47.4 Å². The van der Waals surface area contributed by atoms with Crippen LogP contribution in [0.25, 0.3) is 11.1 Å². The van der Waals surface area contributed by atoms with Gasteiger partial charge in [-0.05, 0) is 47.6 Å². The van der Waals surface area contributed by atoms with E-state index in [2.05, 4.69) is 22.8 Å². The number of nitrogens with one attached hydrogen (secondary N) is 2. The minimum absolute atomic E-state index is 0.106. The first kappa shape index (κ1) is 27.4. The average Bonchev–Trinajstić information content (AvgIpc) is 3.57. The van der Waals surface area contributed by atoms with Crippen molar-refractivity contribution in [2.45, 2.75) is 62.8 Å². The van der Waals surface area contributed by atoms with E-state index in [0.717, 1.165) is 40.7 Å². The number of rotatable bonds is 10. The van der Waals surface area contributed by atoms with Gasteiger partial charge in [0.1, 0.15) is 12.1 Å². The minimum Gasteiger partial charge on any atom is -0.480 e. The highest BCUT2D eigenvalue weighted by molar-refractivity contribution is 5.93. The Morgan fingerprint density at radius 3 is 2.08 bits per heavy atom. The molecule has 5 rings (SSSR count). The first-order valence-electron chi connectivity index (χ1n) is 13.7. The van der Waals surface area contributed by atoms with Crippen LogP contribution in [0, 0.1) is 0 Å². The quantitative estimate of drug-likeness (QED) is 0.332. The number of carbonyl (C=O) groups excluding carboxylic acids is 2. The summed E-state index contributed by atoms with van der Waals surface area (Å²) < 4.78 is 11.5. The van der Waals surface area contributed by atoms with Gasteiger partial charge in [0.2, 0.25) is 5.91 Å². The molecule has 208 valence electrons. The number of hydrogen-bond acceptors (Lipinski definition) is 5. The molecule has 3 aromatic rings. The number of ether oxygens (including phenoxy) is 2. The fourth-order valence-corrected chi connectivity index (χ4v) is 5.77. The van der Waals surface area contributed by atoms with Crippen LogP contribution in [-0.2, 0) is 25.7 Å². The Morgan fingerprint density at radius 1 is 0.900 bits per heavy atom. The summed E-state index contributed by atoms with van der Waals surface area (Å²) in [5, 5.41) is 15.3. The Labute approximate surface area is 233 Å². The summed E-state index contributed by atoms with van der Waals surface area (Å²) >= 11 is 0. The standard InChI is InChI=1S/C32H34N2O6/c1-21(39-19-22-11-3-2-4-12-22)28(29(35)36)33-30(37)32(17-9-10-18-32)34-31(38)40-20-27-25-15-7-5-13-23(25)24-14-6-8-16-26(24)27/h2-8,11-16,21,27-28H,9-10,17-20H2,1H3,(H,33,37)(H,34,38)(H,35,36)/t21-,28+/m0/s1. The summed E-state index contributed by atoms with van der Waals surface area (Å²) in [6.07, 6.45) is 0.765. The molecule has 0 spiro atoms. The Hall–Kier alpha value is -4.17. The van der Waals surface area contributed by atoms with E-state index in [1.807, 2.05) is 66.7 Å². The molecule has 3 aromatic carbocycles. The van der Waals surface area contributed by atoms with Gasteiger partial charge in [-0.1, -0.05) is 91.7 Å². The molecular formula is C32H34N2O6. The molecule has 2 amide bonds. The fraction of sp³-hybridized carbons (Fsp3) is 0.344.